The number of benzene rings is 2. The standard InChI is InChI=1S/C16H15BrN2O4/c1-22-13-5-6-15(14(17)8-13)23-10-16(21)19-18-9-11-3-2-4-12(20)7-11/h2-9,20H,10H2,1H3,(H,19,21). The van der Waals surface area contributed by atoms with E-state index in [4.69, 9.17) is 9.47 Å². The molecule has 0 aliphatic rings. The molecule has 1 amide bonds. The number of phenols is 1. The van der Waals surface area contributed by atoms with Gasteiger partial charge in [-0.2, -0.15) is 5.10 Å². The fraction of sp³-hybridized carbons (Fsp3) is 0.125. The largest absolute Gasteiger partial charge is 0.508 e. The first-order valence-electron chi connectivity index (χ1n) is 6.66. The second kappa shape index (κ2) is 8.19. The van der Waals surface area contributed by atoms with Gasteiger partial charge in [0.15, 0.2) is 6.61 Å². The van der Waals surface area contributed by atoms with Crippen molar-refractivity contribution >= 4 is 28.1 Å². The summed E-state index contributed by atoms with van der Waals surface area (Å²) in [5, 5.41) is 13.1. The zero-order valence-electron chi connectivity index (χ0n) is 12.3. The number of hydrazone groups is 1. The Morgan fingerprint density at radius 2 is 2.17 bits per heavy atom. The molecule has 0 unspecified atom stereocenters. The molecule has 0 atom stereocenters. The van der Waals surface area contributed by atoms with E-state index in [9.17, 15) is 9.90 Å². The van der Waals surface area contributed by atoms with Gasteiger partial charge in [-0.25, -0.2) is 5.43 Å². The normalized spacial score (nSPS) is 10.5. The highest BCUT2D eigenvalue weighted by atomic mass is 79.9. The van der Waals surface area contributed by atoms with Crippen molar-refractivity contribution in [3.05, 3.63) is 52.5 Å². The smallest absolute Gasteiger partial charge is 0.277 e. The summed E-state index contributed by atoms with van der Waals surface area (Å²) < 4.78 is 11.2. The lowest BCUT2D eigenvalue weighted by atomic mass is 10.2. The summed E-state index contributed by atoms with van der Waals surface area (Å²) in [6.07, 6.45) is 1.43. The topological polar surface area (TPSA) is 80.2 Å². The average molecular weight is 379 g/mol. The highest BCUT2D eigenvalue weighted by Crippen LogP contribution is 2.28. The van der Waals surface area contributed by atoms with Crippen LogP contribution in [0.4, 0.5) is 0 Å². The van der Waals surface area contributed by atoms with E-state index >= 15 is 0 Å². The van der Waals surface area contributed by atoms with Gasteiger partial charge in [-0.05, 0) is 51.8 Å². The number of carbonyl (C=O) groups is 1. The molecule has 120 valence electrons. The number of carbonyl (C=O) groups excluding carboxylic acids is 1. The van der Waals surface area contributed by atoms with Crippen LogP contribution in [0.2, 0.25) is 0 Å². The van der Waals surface area contributed by atoms with Crippen LogP contribution in [-0.4, -0.2) is 30.9 Å². The maximum Gasteiger partial charge on any atom is 0.277 e. The van der Waals surface area contributed by atoms with E-state index < -0.39 is 5.91 Å². The molecule has 0 aliphatic carbocycles. The van der Waals surface area contributed by atoms with E-state index in [1.54, 1.807) is 43.5 Å². The molecule has 6 nitrogen and oxygen atoms in total. The number of aromatic hydroxyl groups is 1. The Bertz CT molecular complexity index is 719. The number of methoxy groups -OCH3 is 1. The van der Waals surface area contributed by atoms with Crippen LogP contribution in [0.1, 0.15) is 5.56 Å². The maximum absolute atomic E-state index is 11.7. The monoisotopic (exact) mass is 378 g/mol. The molecule has 2 aromatic carbocycles. The van der Waals surface area contributed by atoms with Gasteiger partial charge in [0.1, 0.15) is 17.2 Å². The molecule has 0 saturated carbocycles. The number of halogens is 1. The second-order valence-electron chi connectivity index (χ2n) is 4.47. The van der Waals surface area contributed by atoms with Gasteiger partial charge in [0.05, 0.1) is 17.8 Å². The molecule has 0 radical (unpaired) electrons. The third-order valence-corrected chi connectivity index (χ3v) is 3.39. The summed E-state index contributed by atoms with van der Waals surface area (Å²) in [7, 11) is 1.57. The Morgan fingerprint density at radius 3 is 2.87 bits per heavy atom. The minimum absolute atomic E-state index is 0.132. The minimum Gasteiger partial charge on any atom is -0.508 e. The average Bonchev–Trinajstić information content (AvgIpc) is 2.53. The van der Waals surface area contributed by atoms with Gasteiger partial charge in [0.2, 0.25) is 0 Å². The Balaban J connectivity index is 1.83. The predicted octanol–water partition coefficient (Wildman–Crippen LogP) is 2.69. The van der Waals surface area contributed by atoms with Crippen molar-refractivity contribution in [2.75, 3.05) is 13.7 Å². The van der Waals surface area contributed by atoms with Crippen LogP contribution >= 0.6 is 15.9 Å². The molecule has 0 spiro atoms. The first kappa shape index (κ1) is 16.8. The summed E-state index contributed by atoms with van der Waals surface area (Å²) in [6.45, 7) is -0.178. The summed E-state index contributed by atoms with van der Waals surface area (Å²) in [5.41, 5.74) is 3.02. The SMILES string of the molecule is COc1ccc(OCC(=O)NN=Cc2cccc(O)c2)c(Br)c1. The summed E-state index contributed by atoms with van der Waals surface area (Å²) in [5.74, 6) is 0.944. The Morgan fingerprint density at radius 1 is 1.35 bits per heavy atom. The molecule has 0 heterocycles. The zero-order chi connectivity index (χ0) is 16.7. The molecule has 0 bridgehead atoms. The highest BCUT2D eigenvalue weighted by Gasteiger charge is 2.06. The van der Waals surface area contributed by atoms with Crippen molar-refractivity contribution in [2.45, 2.75) is 0 Å². The van der Waals surface area contributed by atoms with E-state index in [-0.39, 0.29) is 12.4 Å². The molecule has 0 aliphatic heterocycles. The van der Waals surface area contributed by atoms with Crippen molar-refractivity contribution in [2.24, 2.45) is 5.10 Å². The van der Waals surface area contributed by atoms with Gasteiger partial charge in [0.25, 0.3) is 5.91 Å². The molecule has 0 saturated heterocycles. The maximum atomic E-state index is 11.7. The number of hydrogen-bond acceptors (Lipinski definition) is 5. The number of phenolic OH excluding ortho intramolecular Hbond substituents is 1. The van der Waals surface area contributed by atoms with Crippen LogP contribution in [0.15, 0.2) is 52.0 Å². The van der Waals surface area contributed by atoms with Crippen LogP contribution in [-0.2, 0) is 4.79 Å². The van der Waals surface area contributed by atoms with Crippen LogP contribution in [0.5, 0.6) is 17.2 Å². The van der Waals surface area contributed by atoms with Gasteiger partial charge >= 0.3 is 0 Å². The fourth-order valence-corrected chi connectivity index (χ4v) is 2.16. The molecule has 23 heavy (non-hydrogen) atoms. The van der Waals surface area contributed by atoms with Gasteiger partial charge < -0.3 is 14.6 Å². The van der Waals surface area contributed by atoms with Crippen LogP contribution < -0.4 is 14.9 Å². The third kappa shape index (κ3) is 5.30. The fourth-order valence-electron chi connectivity index (χ4n) is 1.69. The van der Waals surface area contributed by atoms with Crippen LogP contribution in [0.3, 0.4) is 0 Å². The highest BCUT2D eigenvalue weighted by molar-refractivity contribution is 9.10. The quantitative estimate of drug-likeness (QED) is 0.598. The number of nitrogens with one attached hydrogen (secondary N) is 1. The van der Waals surface area contributed by atoms with Gasteiger partial charge in [-0.3, -0.25) is 4.79 Å². The summed E-state index contributed by atoms with van der Waals surface area (Å²) >= 11 is 3.34. The van der Waals surface area contributed by atoms with Gasteiger partial charge in [0, 0.05) is 0 Å². The first-order chi connectivity index (χ1) is 11.1. The Labute approximate surface area is 141 Å². The van der Waals surface area contributed by atoms with E-state index in [1.165, 1.54) is 12.3 Å². The Kier molecular flexibility index (Phi) is 5.99. The molecule has 7 heteroatoms. The number of hydrogen-bond donors (Lipinski definition) is 2. The van der Waals surface area contributed by atoms with Crippen molar-refractivity contribution < 1.29 is 19.4 Å². The molecular formula is C16H15BrN2O4. The van der Waals surface area contributed by atoms with E-state index in [0.29, 0.717) is 21.5 Å². The van der Waals surface area contributed by atoms with Crippen LogP contribution in [0, 0.1) is 0 Å². The molecule has 2 rings (SSSR count). The van der Waals surface area contributed by atoms with E-state index in [1.807, 2.05) is 0 Å². The first-order valence-corrected chi connectivity index (χ1v) is 7.45. The molecule has 2 N–H and O–H groups in total. The van der Waals surface area contributed by atoms with E-state index in [0.717, 1.165) is 0 Å². The lowest BCUT2D eigenvalue weighted by Crippen LogP contribution is -2.24. The predicted molar refractivity (Wildman–Crippen MR) is 90.0 cm³/mol. The molecular weight excluding hydrogens is 364 g/mol. The van der Waals surface area contributed by atoms with Crippen molar-refractivity contribution in [1.82, 2.24) is 5.43 Å². The molecule has 0 fully saturated rings. The van der Waals surface area contributed by atoms with E-state index in [2.05, 4.69) is 26.5 Å². The minimum atomic E-state index is -0.399. The molecule has 2 aromatic rings. The lowest BCUT2D eigenvalue weighted by molar-refractivity contribution is -0.123. The van der Waals surface area contributed by atoms with Crippen LogP contribution in [0.25, 0.3) is 0 Å². The zero-order valence-corrected chi connectivity index (χ0v) is 13.9. The summed E-state index contributed by atoms with van der Waals surface area (Å²) in [4.78, 5) is 11.7. The number of rotatable bonds is 6. The van der Waals surface area contributed by atoms with Gasteiger partial charge in [-0.1, -0.05) is 12.1 Å². The van der Waals surface area contributed by atoms with Crippen molar-refractivity contribution in [1.29, 1.82) is 0 Å². The van der Waals surface area contributed by atoms with Crippen molar-refractivity contribution in [3.63, 3.8) is 0 Å². The second-order valence-corrected chi connectivity index (χ2v) is 5.33. The Hall–Kier alpha value is -2.54. The van der Waals surface area contributed by atoms with Crippen molar-refractivity contribution in [3.8, 4) is 17.2 Å². The van der Waals surface area contributed by atoms with Gasteiger partial charge in [-0.15, -0.1) is 0 Å². The lowest BCUT2D eigenvalue weighted by Gasteiger charge is -2.08. The molecule has 0 aromatic heterocycles. The summed E-state index contributed by atoms with van der Waals surface area (Å²) in [6, 6.07) is 11.7. The number of ether oxygens (including phenoxy) is 2. The third-order valence-electron chi connectivity index (χ3n) is 2.77. The number of amides is 1. The number of nitrogens with zero attached hydrogens (tertiary/aromatic N) is 1.